The van der Waals surface area contributed by atoms with Crippen molar-refractivity contribution < 1.29 is 9.53 Å². The van der Waals surface area contributed by atoms with Gasteiger partial charge in [-0.15, -0.1) is 11.8 Å². The lowest BCUT2D eigenvalue weighted by molar-refractivity contribution is -0.113. The van der Waals surface area contributed by atoms with E-state index in [2.05, 4.69) is 5.32 Å². The Morgan fingerprint density at radius 2 is 1.81 bits per heavy atom. The zero-order valence-corrected chi connectivity index (χ0v) is 18.4. The second-order valence-corrected chi connectivity index (χ2v) is 8.29. The van der Waals surface area contributed by atoms with Crippen molar-refractivity contribution in [2.24, 2.45) is 9.98 Å². The summed E-state index contributed by atoms with van der Waals surface area (Å²) >= 11 is 7.60. The maximum absolute atomic E-state index is 12.5. The molecule has 0 aliphatic carbocycles. The van der Waals surface area contributed by atoms with Crippen LogP contribution in [0, 0.1) is 0 Å². The summed E-state index contributed by atoms with van der Waals surface area (Å²) in [5.74, 6) is 0.818. The Kier molecular flexibility index (Phi) is 6.70. The Balaban J connectivity index is 1.51. The second-order valence-electron chi connectivity index (χ2n) is 6.81. The molecule has 0 saturated heterocycles. The molecule has 0 saturated carbocycles. The molecule has 1 aliphatic rings. The van der Waals surface area contributed by atoms with E-state index in [1.54, 1.807) is 13.2 Å². The first-order valence-electron chi connectivity index (χ1n) is 9.67. The van der Waals surface area contributed by atoms with Crippen molar-refractivity contribution in [3.05, 3.63) is 83.4 Å². The Morgan fingerprint density at radius 3 is 2.58 bits per heavy atom. The smallest absolute Gasteiger partial charge is 0.234 e. The number of rotatable bonds is 5. The van der Waals surface area contributed by atoms with E-state index in [9.17, 15) is 4.79 Å². The average molecular weight is 450 g/mol. The van der Waals surface area contributed by atoms with Crippen molar-refractivity contribution in [3.63, 3.8) is 0 Å². The van der Waals surface area contributed by atoms with Crippen LogP contribution in [-0.4, -0.2) is 29.5 Å². The van der Waals surface area contributed by atoms with Gasteiger partial charge in [0.25, 0.3) is 0 Å². The van der Waals surface area contributed by atoms with Gasteiger partial charge in [0.15, 0.2) is 0 Å². The van der Waals surface area contributed by atoms with E-state index in [0.717, 1.165) is 27.7 Å². The van der Waals surface area contributed by atoms with E-state index in [0.29, 0.717) is 22.9 Å². The first kappa shape index (κ1) is 21.2. The molecule has 0 fully saturated rings. The van der Waals surface area contributed by atoms with Crippen molar-refractivity contribution >= 4 is 57.1 Å². The molecule has 0 aromatic heterocycles. The number of anilines is 1. The quantitative estimate of drug-likeness (QED) is 0.498. The van der Waals surface area contributed by atoms with Crippen LogP contribution in [0.4, 0.5) is 17.1 Å². The van der Waals surface area contributed by atoms with Gasteiger partial charge in [0.2, 0.25) is 5.91 Å². The van der Waals surface area contributed by atoms with Gasteiger partial charge in [-0.2, -0.15) is 0 Å². The van der Waals surface area contributed by atoms with Crippen molar-refractivity contribution in [3.8, 4) is 5.75 Å². The molecule has 3 aromatic carbocycles. The van der Waals surface area contributed by atoms with Gasteiger partial charge < -0.3 is 10.1 Å². The number of para-hydroxylation sites is 2. The van der Waals surface area contributed by atoms with E-state index in [1.165, 1.54) is 11.8 Å². The molecule has 1 amide bonds. The largest absolute Gasteiger partial charge is 0.497 e. The Morgan fingerprint density at radius 1 is 1.03 bits per heavy atom. The van der Waals surface area contributed by atoms with E-state index < -0.39 is 0 Å². The number of carbonyl (C=O) groups is 1. The number of fused-ring (bicyclic) bond motifs is 1. The van der Waals surface area contributed by atoms with Crippen LogP contribution in [0.1, 0.15) is 12.0 Å². The van der Waals surface area contributed by atoms with Crippen LogP contribution >= 0.6 is 23.4 Å². The van der Waals surface area contributed by atoms with Crippen LogP contribution in [0.2, 0.25) is 5.02 Å². The lowest BCUT2D eigenvalue weighted by atomic mass is 10.1. The molecule has 4 rings (SSSR count). The summed E-state index contributed by atoms with van der Waals surface area (Å²) in [7, 11) is 1.60. The molecule has 3 aromatic rings. The molecule has 31 heavy (non-hydrogen) atoms. The number of thioether (sulfide) groups is 1. The molecule has 7 heteroatoms. The fourth-order valence-electron chi connectivity index (χ4n) is 3.12. The zero-order valence-electron chi connectivity index (χ0n) is 16.8. The third-order valence-electron chi connectivity index (χ3n) is 4.58. The molecular weight excluding hydrogens is 430 g/mol. The van der Waals surface area contributed by atoms with Crippen molar-refractivity contribution in [2.45, 2.75) is 6.42 Å². The molecule has 1 N–H and O–H groups in total. The molecule has 1 heterocycles. The lowest BCUT2D eigenvalue weighted by Gasteiger charge is -2.09. The van der Waals surface area contributed by atoms with E-state index in [1.807, 2.05) is 66.7 Å². The van der Waals surface area contributed by atoms with Gasteiger partial charge in [-0.1, -0.05) is 41.9 Å². The van der Waals surface area contributed by atoms with Crippen molar-refractivity contribution in [1.82, 2.24) is 0 Å². The molecule has 1 aliphatic heterocycles. The highest BCUT2D eigenvalue weighted by Crippen LogP contribution is 2.33. The van der Waals surface area contributed by atoms with Gasteiger partial charge >= 0.3 is 0 Å². The summed E-state index contributed by atoms with van der Waals surface area (Å²) in [6.07, 6.45) is 0.520. The minimum absolute atomic E-state index is 0.111. The Bertz CT molecular complexity index is 1180. The number of aliphatic imine (C=N–C) groups is 2. The molecule has 156 valence electrons. The summed E-state index contributed by atoms with van der Waals surface area (Å²) in [5.41, 5.74) is 4.09. The number of halogens is 1. The number of nitrogens with one attached hydrogen (secondary N) is 1. The maximum Gasteiger partial charge on any atom is 0.234 e. The highest BCUT2D eigenvalue weighted by Gasteiger charge is 2.17. The van der Waals surface area contributed by atoms with Crippen LogP contribution < -0.4 is 10.1 Å². The van der Waals surface area contributed by atoms with Gasteiger partial charge in [0, 0.05) is 23.2 Å². The third-order valence-corrected chi connectivity index (χ3v) is 5.79. The SMILES string of the molecule is COc1cccc(NC(=O)CSC2=Nc3ccccc3N=C(c3cccc(Cl)c3)C2)c1. The van der Waals surface area contributed by atoms with Crippen molar-refractivity contribution in [2.75, 3.05) is 18.2 Å². The minimum Gasteiger partial charge on any atom is -0.497 e. The van der Waals surface area contributed by atoms with Crippen LogP contribution in [0.3, 0.4) is 0 Å². The number of carbonyl (C=O) groups excluding carboxylic acids is 1. The summed E-state index contributed by atoms with van der Waals surface area (Å²) in [4.78, 5) is 22.1. The average Bonchev–Trinajstić information content (AvgIpc) is 2.97. The standard InChI is InChI=1S/C24H20ClN3O2S/c1-30-19-9-5-8-18(13-19)26-23(29)15-31-24-14-22(16-6-4-7-17(25)12-16)27-20-10-2-3-11-21(20)28-24/h2-13H,14-15H2,1H3,(H,26,29). The van der Waals surface area contributed by atoms with Crippen molar-refractivity contribution in [1.29, 1.82) is 0 Å². The maximum atomic E-state index is 12.5. The van der Waals surface area contributed by atoms with Gasteiger partial charge in [0.1, 0.15) is 5.75 Å². The fraction of sp³-hybridized carbons (Fsp3) is 0.125. The summed E-state index contributed by atoms with van der Waals surface area (Å²) in [5, 5.41) is 4.38. The molecule has 0 atom stereocenters. The highest BCUT2D eigenvalue weighted by molar-refractivity contribution is 8.14. The summed E-state index contributed by atoms with van der Waals surface area (Å²) in [6.45, 7) is 0. The Hall–Kier alpha value is -3.09. The van der Waals surface area contributed by atoms with E-state index >= 15 is 0 Å². The predicted molar refractivity (Wildman–Crippen MR) is 130 cm³/mol. The topological polar surface area (TPSA) is 63.0 Å². The third kappa shape index (κ3) is 5.54. The van der Waals surface area contributed by atoms with Crippen LogP contribution in [0.25, 0.3) is 0 Å². The molecular formula is C24H20ClN3O2S. The second kappa shape index (κ2) is 9.81. The normalized spacial score (nSPS) is 12.8. The molecule has 5 nitrogen and oxygen atoms in total. The first-order valence-corrected chi connectivity index (χ1v) is 11.0. The number of benzene rings is 3. The van der Waals surface area contributed by atoms with Crippen LogP contribution in [0.5, 0.6) is 5.75 Å². The van der Waals surface area contributed by atoms with Gasteiger partial charge in [-0.25, -0.2) is 4.99 Å². The van der Waals surface area contributed by atoms with Crippen LogP contribution in [-0.2, 0) is 4.79 Å². The number of ether oxygens (including phenoxy) is 1. The lowest BCUT2D eigenvalue weighted by Crippen LogP contribution is -2.16. The van der Waals surface area contributed by atoms with E-state index in [4.69, 9.17) is 26.3 Å². The summed E-state index contributed by atoms with van der Waals surface area (Å²) < 4.78 is 5.20. The first-order chi connectivity index (χ1) is 15.1. The number of methoxy groups -OCH3 is 1. The minimum atomic E-state index is -0.111. The molecule has 0 radical (unpaired) electrons. The monoisotopic (exact) mass is 449 g/mol. The number of hydrogen-bond acceptors (Lipinski definition) is 5. The summed E-state index contributed by atoms with van der Waals surface area (Å²) in [6, 6.07) is 22.6. The molecule has 0 spiro atoms. The van der Waals surface area contributed by atoms with Gasteiger partial charge in [-0.3, -0.25) is 9.79 Å². The Labute approximate surface area is 190 Å². The zero-order chi connectivity index (χ0) is 21.6. The van der Waals surface area contributed by atoms with Crippen LogP contribution in [0.15, 0.2) is 82.8 Å². The number of hydrogen-bond donors (Lipinski definition) is 1. The van der Waals surface area contributed by atoms with Gasteiger partial charge in [-0.05, 0) is 42.0 Å². The highest BCUT2D eigenvalue weighted by atomic mass is 35.5. The predicted octanol–water partition coefficient (Wildman–Crippen LogP) is 6.28. The van der Waals surface area contributed by atoms with E-state index in [-0.39, 0.29) is 11.7 Å². The van der Waals surface area contributed by atoms with Gasteiger partial charge in [0.05, 0.1) is 35.0 Å². The number of amides is 1. The fourth-order valence-corrected chi connectivity index (χ4v) is 4.08. The molecule has 0 unspecified atom stereocenters. The molecule has 0 bridgehead atoms. The number of nitrogens with zero attached hydrogens (tertiary/aromatic N) is 2.